The Kier molecular flexibility index (Phi) is 57.6. The number of aryl methyl sites for hydroxylation is 4. The van der Waals surface area contributed by atoms with Crippen LogP contribution in [0.15, 0.2) is 128 Å². The van der Waals surface area contributed by atoms with Crippen molar-refractivity contribution in [1.29, 1.82) is 0 Å². The molecule has 0 aliphatic carbocycles. The molecule has 0 N–H and O–H groups in total. The summed E-state index contributed by atoms with van der Waals surface area (Å²) in [5, 5.41) is 0.325. The van der Waals surface area contributed by atoms with Gasteiger partial charge in [0.1, 0.15) is 17.3 Å². The summed E-state index contributed by atoms with van der Waals surface area (Å²) in [6, 6.07) is 43.8. The molecule has 0 aliphatic rings. The standard InChI is InChI=1S/C28H38N2S4.2C14H21NS2.C9H11Cl.ClPS.2HPS/c1-6-22-11-13-23(14-12-22)17-20-26(34-28(32)30(9-4)10-5)25-18-15-24(16-19-25)21-33-27(31)29(7-2)8-3;2*1-4-12-7-9-13(10-8-12)11-17-14(16)15(5-2)6-3;1-2-8-3-5-9(7-10)6-4-8;1-2-3;2*1-2/h6,11-16,18-19,26H,1,7-10,17,20-21H2,2-5H3;2*7-10H,4-6,11H2,1-3H3;3-6H,2,7H2,1H3;;2*1H. The van der Waals surface area contributed by atoms with E-state index in [0.29, 0.717) is 17.8 Å². The van der Waals surface area contributed by atoms with Crippen LogP contribution in [0.1, 0.15) is 143 Å². The highest BCUT2D eigenvalue weighted by Crippen LogP contribution is 2.36. The lowest BCUT2D eigenvalue weighted by Gasteiger charge is -2.25. The zero-order valence-corrected chi connectivity index (χ0v) is 65.3. The molecule has 0 amide bonds. The number of halogens is 2. The maximum atomic E-state index is 5.81. The first-order chi connectivity index (χ1) is 41.1. The van der Waals surface area contributed by atoms with Gasteiger partial charge in [0, 0.05) is 80.7 Å². The van der Waals surface area contributed by atoms with Crippen molar-refractivity contribution < 1.29 is 0 Å². The molecule has 0 aliphatic heterocycles. The summed E-state index contributed by atoms with van der Waals surface area (Å²) in [7, 11) is 5.11. The van der Waals surface area contributed by atoms with Gasteiger partial charge in [0.05, 0.1) is 6.71 Å². The Bertz CT molecular complexity index is 2440. The summed E-state index contributed by atoms with van der Waals surface area (Å²) in [4.78, 5) is 8.95. The molecule has 0 aromatic heterocycles. The predicted octanol–water partition coefficient (Wildman–Crippen LogP) is 22.2. The molecule has 5 aromatic rings. The van der Waals surface area contributed by atoms with E-state index < -0.39 is 0 Å². The minimum Gasteiger partial charge on any atom is -0.358 e. The summed E-state index contributed by atoms with van der Waals surface area (Å²) in [6.45, 7) is 35.9. The van der Waals surface area contributed by atoms with Crippen molar-refractivity contribution >= 4 is 200 Å². The monoisotopic (exact) mass is 1440 g/mol. The molecule has 4 nitrogen and oxygen atoms in total. The van der Waals surface area contributed by atoms with Gasteiger partial charge >= 0.3 is 0 Å². The number of benzene rings is 5. The molecule has 0 radical (unpaired) electrons. The molecule has 1 unspecified atom stereocenters. The third-order valence-electron chi connectivity index (χ3n) is 13.1. The molecule has 0 saturated carbocycles. The van der Waals surface area contributed by atoms with E-state index in [0.717, 1.165) is 125 Å². The minimum absolute atomic E-state index is 0.325. The SMILES string of the molecule is C=Cc1ccc(CCC(SC(=S)N(CC)CC)c2ccc(CSC(=S)N(CC)CC)cc2)cc1.CCc1ccc(CCl)cc1.CCc1ccc(CSC(=S)N(CC)CC)cc1.CCc1ccc(CSC(=S)N(CC)CC)cc1.P=S.P=S.S=PCl. The highest BCUT2D eigenvalue weighted by Gasteiger charge is 2.18. The van der Waals surface area contributed by atoms with E-state index in [-0.39, 0.29) is 0 Å². The van der Waals surface area contributed by atoms with Gasteiger partial charge in [0.2, 0.25) is 0 Å². The third kappa shape index (κ3) is 38.4. The average molecular weight is 1450 g/mol. The summed E-state index contributed by atoms with van der Waals surface area (Å²) in [6.07, 6.45) is 7.25. The van der Waals surface area contributed by atoms with E-state index in [2.05, 4.69) is 275 Å². The van der Waals surface area contributed by atoms with Crippen LogP contribution in [0, 0.1) is 0 Å². The largest absolute Gasteiger partial charge is 0.358 e. The second kappa shape index (κ2) is 56.9. The summed E-state index contributed by atoms with van der Waals surface area (Å²) in [5.41, 5.74) is 13.2. The Labute approximate surface area is 586 Å². The van der Waals surface area contributed by atoms with Gasteiger partial charge in [-0.3, -0.25) is 0 Å². The molecule has 85 heavy (non-hydrogen) atoms. The van der Waals surface area contributed by atoms with Gasteiger partial charge in [0.15, 0.2) is 0 Å². The fourth-order valence-electron chi connectivity index (χ4n) is 7.68. The average Bonchev–Trinajstić information content (AvgIpc) is 3.60. The van der Waals surface area contributed by atoms with E-state index in [1.54, 1.807) is 35.3 Å². The quantitative estimate of drug-likeness (QED) is 0.0331. The fraction of sp³-hybridized carbons (Fsp3) is 0.446. The van der Waals surface area contributed by atoms with Crippen molar-refractivity contribution in [3.8, 4) is 0 Å². The molecule has 0 heterocycles. The van der Waals surface area contributed by atoms with Gasteiger partial charge in [-0.05, 0) is 182 Å². The van der Waals surface area contributed by atoms with Gasteiger partial charge in [-0.25, -0.2) is 0 Å². The second-order valence-corrected chi connectivity index (χ2v) is 26.9. The molecule has 468 valence electrons. The van der Waals surface area contributed by atoms with Crippen LogP contribution in [-0.4, -0.2) is 89.2 Å². The van der Waals surface area contributed by atoms with Gasteiger partial charge in [-0.1, -0.05) is 274 Å². The molecule has 5 aromatic carbocycles. The first-order valence-corrected chi connectivity index (χ1v) is 40.9. The smallest absolute Gasteiger partial charge is 0.136 e. The number of alkyl halides is 1. The first kappa shape index (κ1) is 86.0. The molecule has 1 atom stereocenters. The highest BCUT2D eigenvalue weighted by atomic mass is 35.7. The van der Waals surface area contributed by atoms with Crippen molar-refractivity contribution in [1.82, 2.24) is 19.6 Å². The van der Waals surface area contributed by atoms with Gasteiger partial charge in [-0.15, -0.1) is 11.6 Å². The van der Waals surface area contributed by atoms with E-state index in [1.165, 1.54) is 50.1 Å². The number of rotatable bonds is 24. The van der Waals surface area contributed by atoms with Crippen LogP contribution >= 0.6 is 141 Å². The topological polar surface area (TPSA) is 13.0 Å². The number of thioether (sulfide) groups is 4. The number of hydrogen-bond acceptors (Lipinski definition) is 11. The third-order valence-corrected chi connectivity index (χ3v) is 20.0. The van der Waals surface area contributed by atoms with Gasteiger partial charge in [-0.2, -0.15) is 0 Å². The first-order valence-electron chi connectivity index (χ1n) is 28.8. The lowest BCUT2D eigenvalue weighted by atomic mass is 10.0. The van der Waals surface area contributed by atoms with Crippen molar-refractivity contribution in [2.75, 3.05) is 52.4 Å². The van der Waals surface area contributed by atoms with E-state index in [1.807, 2.05) is 17.8 Å². The van der Waals surface area contributed by atoms with Crippen LogP contribution in [0.2, 0.25) is 0 Å². The second-order valence-electron chi connectivity index (χ2n) is 18.2. The van der Waals surface area contributed by atoms with Crippen molar-refractivity contribution in [3.63, 3.8) is 0 Å². The zero-order chi connectivity index (χ0) is 64.4. The number of nitrogens with zero attached hydrogens (tertiary/aromatic N) is 4. The maximum absolute atomic E-state index is 5.81. The fourth-order valence-corrected chi connectivity index (χ4v) is 13.7. The van der Waals surface area contributed by atoms with Gasteiger partial charge in [0.25, 0.3) is 0 Å². The van der Waals surface area contributed by atoms with Crippen LogP contribution in [0.25, 0.3) is 6.08 Å². The number of hydrogen-bond donors (Lipinski definition) is 0. The van der Waals surface area contributed by atoms with Crippen LogP contribution in [0.4, 0.5) is 0 Å². The normalized spacial score (nSPS) is 10.3. The molecular weight excluding hydrogens is 1350 g/mol. The highest BCUT2D eigenvalue weighted by molar-refractivity contribution is 8.23. The molecular formula is C65H93Cl2N4P3S11. The van der Waals surface area contributed by atoms with Crippen molar-refractivity contribution in [2.24, 2.45) is 0 Å². The summed E-state index contributed by atoms with van der Waals surface area (Å²) >= 11 is 51.6. The maximum Gasteiger partial charge on any atom is 0.136 e. The Morgan fingerprint density at radius 1 is 0.447 bits per heavy atom. The van der Waals surface area contributed by atoms with Crippen molar-refractivity contribution in [2.45, 2.75) is 137 Å². The molecule has 0 fully saturated rings. The van der Waals surface area contributed by atoms with E-state index >= 15 is 0 Å². The molecule has 0 bridgehead atoms. The Morgan fingerprint density at radius 3 is 0.976 bits per heavy atom. The van der Waals surface area contributed by atoms with E-state index in [9.17, 15) is 0 Å². The van der Waals surface area contributed by atoms with Gasteiger partial charge < -0.3 is 19.6 Å². The van der Waals surface area contributed by atoms with Crippen LogP contribution in [0.5, 0.6) is 0 Å². The molecule has 5 rings (SSSR count). The molecule has 0 spiro atoms. The predicted molar refractivity (Wildman–Crippen MR) is 426 cm³/mol. The van der Waals surface area contributed by atoms with Crippen molar-refractivity contribution in [3.05, 3.63) is 184 Å². The Hall–Kier alpha value is -1.06. The Balaban J connectivity index is 0. The van der Waals surface area contributed by atoms with Crippen LogP contribution < -0.4 is 0 Å². The Morgan fingerprint density at radius 2 is 0.706 bits per heavy atom. The van der Waals surface area contributed by atoms with Crippen LogP contribution in [-0.2, 0) is 84.2 Å². The summed E-state index contributed by atoms with van der Waals surface area (Å²) < 4.78 is 3.99. The summed E-state index contributed by atoms with van der Waals surface area (Å²) in [5.74, 6) is 3.46. The molecule has 20 heteroatoms. The lowest BCUT2D eigenvalue weighted by Crippen LogP contribution is -2.27. The molecule has 0 saturated heterocycles. The lowest BCUT2D eigenvalue weighted by molar-refractivity contribution is 0.482. The van der Waals surface area contributed by atoms with E-state index in [4.69, 9.17) is 71.7 Å². The van der Waals surface area contributed by atoms with Crippen LogP contribution in [0.3, 0.4) is 0 Å². The number of thiocarbonyl (C=S) groups is 4. The minimum atomic E-state index is 0.325. The zero-order valence-electron chi connectivity index (χ0n) is 51.9.